The van der Waals surface area contributed by atoms with Crippen molar-refractivity contribution in [1.82, 2.24) is 9.55 Å². The van der Waals surface area contributed by atoms with Crippen LogP contribution in [0, 0.1) is 6.92 Å². The summed E-state index contributed by atoms with van der Waals surface area (Å²) in [5, 5.41) is 43.6. The van der Waals surface area contributed by atoms with Gasteiger partial charge in [0, 0.05) is 29.7 Å². The van der Waals surface area contributed by atoms with E-state index >= 15 is 0 Å². The van der Waals surface area contributed by atoms with Crippen LogP contribution >= 0.6 is 0 Å². The molecule has 40 heavy (non-hydrogen) atoms. The summed E-state index contributed by atoms with van der Waals surface area (Å²) in [5.41, 5.74) is 2.54. The van der Waals surface area contributed by atoms with Gasteiger partial charge < -0.3 is 39.8 Å². The van der Waals surface area contributed by atoms with Gasteiger partial charge in [0.05, 0.1) is 6.61 Å². The molecule has 0 saturated carbocycles. The van der Waals surface area contributed by atoms with Crippen LogP contribution in [-0.4, -0.2) is 73.2 Å². The van der Waals surface area contributed by atoms with Gasteiger partial charge in [-0.05, 0) is 65.4 Å². The molecule has 0 unspecified atom stereocenters. The maximum atomic E-state index is 13.2. The van der Waals surface area contributed by atoms with Crippen LogP contribution in [0.25, 0.3) is 21.9 Å². The number of aryl methyl sites for hydroxylation is 1. The number of aliphatic hydroxyl groups excluding tert-OH is 4. The highest BCUT2D eigenvalue weighted by Gasteiger charge is 2.44. The van der Waals surface area contributed by atoms with E-state index in [1.54, 1.807) is 61.9 Å². The normalized spacial score (nSPS) is 22.7. The lowest BCUT2D eigenvalue weighted by molar-refractivity contribution is -0.277. The third-order valence-corrected chi connectivity index (χ3v) is 6.86. The van der Waals surface area contributed by atoms with Crippen LogP contribution in [-0.2, 0) is 16.1 Å². The van der Waals surface area contributed by atoms with Gasteiger partial charge in [0.15, 0.2) is 0 Å². The Hall–Kier alpha value is -4.13. The number of hydrogen-bond donors (Lipinski definition) is 5. The highest BCUT2D eigenvalue weighted by molar-refractivity contribution is 5.91. The Morgan fingerprint density at radius 3 is 2.45 bits per heavy atom. The summed E-state index contributed by atoms with van der Waals surface area (Å²) in [6.45, 7) is 1.09. The number of fused-ring (bicyclic) bond motifs is 1. The average Bonchev–Trinajstić information content (AvgIpc) is 2.96. The van der Waals surface area contributed by atoms with Crippen molar-refractivity contribution in [3.05, 3.63) is 89.1 Å². The summed E-state index contributed by atoms with van der Waals surface area (Å²) in [4.78, 5) is 29.6. The second-order valence-electron chi connectivity index (χ2n) is 9.63. The molecule has 0 bridgehead atoms. The molecule has 1 amide bonds. The summed E-state index contributed by atoms with van der Waals surface area (Å²) < 4.78 is 12.6. The number of hydrogen-bond acceptors (Lipinski definition) is 9. The van der Waals surface area contributed by atoms with Crippen molar-refractivity contribution in [3.8, 4) is 16.9 Å². The highest BCUT2D eigenvalue weighted by atomic mass is 16.7. The zero-order valence-electron chi connectivity index (χ0n) is 21.5. The average molecular weight is 548 g/mol. The first-order chi connectivity index (χ1) is 19.2. The fourth-order valence-electron chi connectivity index (χ4n) is 4.63. The number of anilines is 1. The molecule has 2 aromatic heterocycles. The van der Waals surface area contributed by atoms with E-state index in [1.165, 1.54) is 4.57 Å². The topological polar surface area (TPSA) is 163 Å². The molecule has 11 heteroatoms. The van der Waals surface area contributed by atoms with Gasteiger partial charge >= 0.3 is 0 Å². The smallest absolute Gasteiger partial charge is 0.258 e. The molecule has 0 aliphatic carbocycles. The molecule has 4 aromatic rings. The molecule has 0 radical (unpaired) electrons. The number of nitrogens with zero attached hydrogens (tertiary/aromatic N) is 2. The second-order valence-corrected chi connectivity index (χ2v) is 9.63. The van der Waals surface area contributed by atoms with Gasteiger partial charge in [-0.15, -0.1) is 0 Å². The summed E-state index contributed by atoms with van der Waals surface area (Å²) >= 11 is 0. The van der Waals surface area contributed by atoms with E-state index < -0.39 is 37.3 Å². The van der Waals surface area contributed by atoms with Crippen molar-refractivity contribution in [2.75, 3.05) is 11.9 Å². The van der Waals surface area contributed by atoms with E-state index in [0.29, 0.717) is 22.4 Å². The Morgan fingerprint density at radius 2 is 1.73 bits per heavy atom. The molecule has 1 fully saturated rings. The van der Waals surface area contributed by atoms with Crippen LogP contribution in [0.4, 0.5) is 5.69 Å². The van der Waals surface area contributed by atoms with E-state index in [0.717, 1.165) is 16.5 Å². The Balaban J connectivity index is 1.36. The van der Waals surface area contributed by atoms with Crippen molar-refractivity contribution in [1.29, 1.82) is 0 Å². The molecule has 1 aliphatic rings. The minimum Gasteiger partial charge on any atom is -0.462 e. The predicted octanol–water partition coefficient (Wildman–Crippen LogP) is 1.19. The van der Waals surface area contributed by atoms with E-state index in [1.807, 2.05) is 18.2 Å². The largest absolute Gasteiger partial charge is 0.462 e. The monoisotopic (exact) mass is 547 g/mol. The predicted molar refractivity (Wildman–Crippen MR) is 146 cm³/mol. The fourth-order valence-corrected chi connectivity index (χ4v) is 4.63. The lowest BCUT2D eigenvalue weighted by Crippen LogP contribution is -2.60. The van der Waals surface area contributed by atoms with Crippen LogP contribution < -0.4 is 15.6 Å². The summed E-state index contributed by atoms with van der Waals surface area (Å²) in [7, 11) is 0. The second kappa shape index (κ2) is 11.5. The molecule has 11 nitrogen and oxygen atoms in total. The van der Waals surface area contributed by atoms with Crippen LogP contribution in [0.2, 0.25) is 0 Å². The molecular formula is C29H29N3O8. The van der Waals surface area contributed by atoms with Gasteiger partial charge in [0.1, 0.15) is 36.7 Å². The van der Waals surface area contributed by atoms with Gasteiger partial charge in [0.2, 0.25) is 12.2 Å². The van der Waals surface area contributed by atoms with E-state index in [-0.39, 0.29) is 18.0 Å². The number of carbonyl (C=O) groups is 1. The Kier molecular flexibility index (Phi) is 7.92. The van der Waals surface area contributed by atoms with Gasteiger partial charge in [-0.3, -0.25) is 14.6 Å². The lowest BCUT2D eigenvalue weighted by Gasteiger charge is -2.39. The Labute approximate surface area is 228 Å². The number of amides is 1. The molecule has 2 aromatic carbocycles. The fraction of sp³-hybridized carbons (Fsp3) is 0.276. The number of pyridine rings is 2. The number of carbonyl (C=O) groups excluding carboxylic acids is 1. The minimum absolute atomic E-state index is 0.148. The quantitative estimate of drug-likeness (QED) is 0.229. The van der Waals surface area contributed by atoms with E-state index in [9.17, 15) is 30.0 Å². The van der Waals surface area contributed by atoms with Crippen LogP contribution in [0.15, 0.2) is 78.0 Å². The van der Waals surface area contributed by atoms with Crippen molar-refractivity contribution in [3.63, 3.8) is 0 Å². The molecular weight excluding hydrogens is 518 g/mol. The number of aliphatic hydroxyl groups is 4. The Morgan fingerprint density at radius 1 is 1.00 bits per heavy atom. The van der Waals surface area contributed by atoms with Gasteiger partial charge in [-0.25, -0.2) is 0 Å². The first kappa shape index (κ1) is 27.4. The maximum Gasteiger partial charge on any atom is 0.258 e. The first-order valence-electron chi connectivity index (χ1n) is 12.7. The van der Waals surface area contributed by atoms with Crippen molar-refractivity contribution >= 4 is 22.4 Å². The molecule has 5 atom stereocenters. The zero-order valence-corrected chi connectivity index (χ0v) is 21.5. The van der Waals surface area contributed by atoms with Crippen LogP contribution in [0.5, 0.6) is 5.75 Å². The third-order valence-electron chi connectivity index (χ3n) is 6.86. The SMILES string of the molecule is Cc1cc(-c2ccc3ccn(CC(=O)Nc4ccncc4)c(=O)c3c2)ccc1O[C@H]1O[C@@H](CO)[C@@H](O)[C@H](O)[C@H]1O. The standard InChI is InChI=1S/C29H29N3O8/c1-16-12-18(4-5-22(16)39-29-27(37)26(36)25(35)23(15-33)40-29)19-3-2-17-8-11-32(28(38)21(17)13-19)14-24(34)31-20-6-9-30-10-7-20/h2-13,23,25-27,29,33,35-37H,14-15H2,1H3,(H,30,31,34)/t23-,25+,26-,27+,29-/m0/s1. The van der Waals surface area contributed by atoms with Gasteiger partial charge in [-0.1, -0.05) is 18.2 Å². The Bertz CT molecular complexity index is 1570. The van der Waals surface area contributed by atoms with E-state index in [2.05, 4.69) is 10.3 Å². The molecule has 5 N–H and O–H groups in total. The number of rotatable bonds is 7. The maximum absolute atomic E-state index is 13.2. The molecule has 1 aliphatic heterocycles. The van der Waals surface area contributed by atoms with Gasteiger partial charge in [-0.2, -0.15) is 0 Å². The number of benzene rings is 2. The molecule has 208 valence electrons. The first-order valence-corrected chi connectivity index (χ1v) is 12.7. The summed E-state index contributed by atoms with van der Waals surface area (Å²) in [6, 6.07) is 15.9. The van der Waals surface area contributed by atoms with Crippen molar-refractivity contribution in [2.24, 2.45) is 0 Å². The summed E-state index contributed by atoms with van der Waals surface area (Å²) in [6.07, 6.45) is -2.20. The molecule has 3 heterocycles. The molecule has 5 rings (SSSR count). The van der Waals surface area contributed by atoms with Gasteiger partial charge in [0.25, 0.3) is 5.56 Å². The lowest BCUT2D eigenvalue weighted by atomic mass is 9.99. The van der Waals surface area contributed by atoms with E-state index in [4.69, 9.17) is 9.47 Å². The minimum atomic E-state index is -1.54. The molecule has 1 saturated heterocycles. The number of ether oxygens (including phenoxy) is 2. The highest BCUT2D eigenvalue weighted by Crippen LogP contribution is 2.30. The molecule has 0 spiro atoms. The van der Waals surface area contributed by atoms with Crippen molar-refractivity contribution in [2.45, 2.75) is 44.2 Å². The summed E-state index contributed by atoms with van der Waals surface area (Å²) in [5.74, 6) is 0.0332. The third kappa shape index (κ3) is 5.60. The van der Waals surface area contributed by atoms with Crippen LogP contribution in [0.1, 0.15) is 5.56 Å². The zero-order chi connectivity index (χ0) is 28.4. The van der Waals surface area contributed by atoms with Crippen molar-refractivity contribution < 1.29 is 34.7 Å². The number of nitrogens with one attached hydrogen (secondary N) is 1. The van der Waals surface area contributed by atoms with Crippen LogP contribution in [0.3, 0.4) is 0 Å². The number of aromatic nitrogens is 2.